The summed E-state index contributed by atoms with van der Waals surface area (Å²) >= 11 is 0. The highest BCUT2D eigenvalue weighted by molar-refractivity contribution is 4.72. The Morgan fingerprint density at radius 3 is 1.72 bits per heavy atom. The molecule has 0 radical (unpaired) electrons. The second kappa shape index (κ2) is 8.86. The van der Waals surface area contributed by atoms with Gasteiger partial charge in [-0.1, -0.05) is 0 Å². The molecule has 0 aromatic rings. The quantitative estimate of drug-likeness (QED) is 0.656. The van der Waals surface area contributed by atoms with Gasteiger partial charge in [-0.3, -0.25) is 0 Å². The van der Waals surface area contributed by atoms with Crippen LogP contribution in [-0.4, -0.2) is 48.8 Å². The van der Waals surface area contributed by atoms with Crippen molar-refractivity contribution in [3.63, 3.8) is 0 Å². The van der Waals surface area contributed by atoms with E-state index < -0.39 is 0 Å². The number of aliphatic hydroxyl groups excluding tert-OH is 1. The van der Waals surface area contributed by atoms with Gasteiger partial charge in [0.05, 0.1) is 31.0 Å². The zero-order valence-corrected chi connectivity index (χ0v) is 12.7. The third-order valence-corrected chi connectivity index (χ3v) is 2.43. The van der Waals surface area contributed by atoms with Gasteiger partial charge in [-0.05, 0) is 48.0 Å². The van der Waals surface area contributed by atoms with E-state index in [9.17, 15) is 0 Å². The second-order valence-electron chi connectivity index (χ2n) is 5.74. The van der Waals surface area contributed by atoms with E-state index in [-0.39, 0.29) is 30.5 Å². The Labute approximate surface area is 112 Å². The standard InChI is InChI=1S/C14H30O4/c1-11(2)16-9-13(10-17-12(3)4)18-14(5,6)7-8-15/h11-13,15H,7-10H2,1-6H3. The summed E-state index contributed by atoms with van der Waals surface area (Å²) in [6, 6.07) is 0. The summed E-state index contributed by atoms with van der Waals surface area (Å²) in [5.41, 5.74) is -0.361. The molecule has 110 valence electrons. The Hall–Kier alpha value is -0.160. The van der Waals surface area contributed by atoms with Crippen molar-refractivity contribution in [3.8, 4) is 0 Å². The van der Waals surface area contributed by atoms with Crippen molar-refractivity contribution in [1.82, 2.24) is 0 Å². The Bertz CT molecular complexity index is 190. The lowest BCUT2D eigenvalue weighted by Crippen LogP contribution is -2.38. The highest BCUT2D eigenvalue weighted by atomic mass is 16.6. The van der Waals surface area contributed by atoms with Crippen LogP contribution in [0.3, 0.4) is 0 Å². The van der Waals surface area contributed by atoms with Crippen molar-refractivity contribution in [2.24, 2.45) is 0 Å². The number of aliphatic hydroxyl groups is 1. The number of hydrogen-bond acceptors (Lipinski definition) is 4. The molecule has 0 heterocycles. The zero-order valence-electron chi connectivity index (χ0n) is 12.7. The maximum Gasteiger partial charge on any atom is 0.105 e. The monoisotopic (exact) mass is 262 g/mol. The van der Waals surface area contributed by atoms with Gasteiger partial charge in [-0.15, -0.1) is 0 Å². The Morgan fingerprint density at radius 2 is 1.39 bits per heavy atom. The summed E-state index contributed by atoms with van der Waals surface area (Å²) in [5, 5.41) is 9.01. The fraction of sp³-hybridized carbons (Fsp3) is 1.00. The summed E-state index contributed by atoms with van der Waals surface area (Å²) < 4.78 is 17.2. The molecule has 0 aromatic heterocycles. The number of hydrogen-bond donors (Lipinski definition) is 1. The molecule has 0 aliphatic carbocycles. The number of ether oxygens (including phenoxy) is 3. The van der Waals surface area contributed by atoms with E-state index >= 15 is 0 Å². The molecule has 4 nitrogen and oxygen atoms in total. The van der Waals surface area contributed by atoms with E-state index in [2.05, 4.69) is 0 Å². The van der Waals surface area contributed by atoms with Crippen LogP contribution in [0.2, 0.25) is 0 Å². The maximum absolute atomic E-state index is 9.01. The average molecular weight is 262 g/mol. The minimum absolute atomic E-state index is 0.101. The molecule has 0 spiro atoms. The largest absolute Gasteiger partial charge is 0.396 e. The van der Waals surface area contributed by atoms with Crippen LogP contribution in [0.1, 0.15) is 48.0 Å². The minimum Gasteiger partial charge on any atom is -0.396 e. The first-order valence-corrected chi connectivity index (χ1v) is 6.78. The zero-order chi connectivity index (χ0) is 14.2. The predicted molar refractivity (Wildman–Crippen MR) is 72.8 cm³/mol. The van der Waals surface area contributed by atoms with Gasteiger partial charge in [-0.2, -0.15) is 0 Å². The number of rotatable bonds is 10. The molecule has 0 atom stereocenters. The van der Waals surface area contributed by atoms with Crippen LogP contribution in [-0.2, 0) is 14.2 Å². The van der Waals surface area contributed by atoms with Crippen molar-refractivity contribution in [1.29, 1.82) is 0 Å². The van der Waals surface area contributed by atoms with E-state index in [0.717, 1.165) is 0 Å². The molecule has 1 N–H and O–H groups in total. The van der Waals surface area contributed by atoms with Gasteiger partial charge >= 0.3 is 0 Å². The lowest BCUT2D eigenvalue weighted by atomic mass is 10.1. The highest BCUT2D eigenvalue weighted by Crippen LogP contribution is 2.17. The van der Waals surface area contributed by atoms with E-state index in [1.165, 1.54) is 0 Å². The van der Waals surface area contributed by atoms with Gasteiger partial charge < -0.3 is 19.3 Å². The van der Waals surface area contributed by atoms with Crippen molar-refractivity contribution in [2.75, 3.05) is 19.8 Å². The summed E-state index contributed by atoms with van der Waals surface area (Å²) in [6.07, 6.45) is 0.857. The molecule has 18 heavy (non-hydrogen) atoms. The van der Waals surface area contributed by atoms with Crippen molar-refractivity contribution < 1.29 is 19.3 Å². The highest BCUT2D eigenvalue weighted by Gasteiger charge is 2.24. The third kappa shape index (κ3) is 9.83. The first-order chi connectivity index (χ1) is 8.26. The van der Waals surface area contributed by atoms with Crippen molar-refractivity contribution in [2.45, 2.75) is 71.9 Å². The normalized spacial score (nSPS) is 13.0. The molecule has 0 aromatic carbocycles. The Morgan fingerprint density at radius 1 is 0.944 bits per heavy atom. The van der Waals surface area contributed by atoms with Crippen LogP contribution in [0, 0.1) is 0 Å². The average Bonchev–Trinajstić information content (AvgIpc) is 2.21. The molecule has 0 aliphatic heterocycles. The summed E-state index contributed by atoms with van der Waals surface area (Å²) in [6.45, 7) is 13.1. The summed E-state index contributed by atoms with van der Waals surface area (Å²) in [5.74, 6) is 0. The molecule has 0 unspecified atom stereocenters. The van der Waals surface area contributed by atoms with Crippen LogP contribution < -0.4 is 0 Å². The lowest BCUT2D eigenvalue weighted by molar-refractivity contribution is -0.143. The fourth-order valence-corrected chi connectivity index (χ4v) is 1.50. The maximum atomic E-state index is 9.01. The smallest absolute Gasteiger partial charge is 0.105 e. The molecule has 0 rings (SSSR count). The lowest BCUT2D eigenvalue weighted by Gasteiger charge is -2.31. The molecule has 0 bridgehead atoms. The minimum atomic E-state index is -0.361. The molecular formula is C14H30O4. The molecule has 4 heteroatoms. The van der Waals surface area contributed by atoms with Gasteiger partial charge in [0.25, 0.3) is 0 Å². The van der Waals surface area contributed by atoms with Crippen LogP contribution in [0.4, 0.5) is 0 Å². The molecular weight excluding hydrogens is 232 g/mol. The van der Waals surface area contributed by atoms with Gasteiger partial charge in [0, 0.05) is 6.61 Å². The van der Waals surface area contributed by atoms with Gasteiger partial charge in [-0.25, -0.2) is 0 Å². The molecule has 0 aliphatic rings. The predicted octanol–water partition coefficient (Wildman–Crippen LogP) is 2.38. The first-order valence-electron chi connectivity index (χ1n) is 6.78. The summed E-state index contributed by atoms with van der Waals surface area (Å²) in [4.78, 5) is 0. The Balaban J connectivity index is 4.26. The molecule has 0 saturated carbocycles. The van der Waals surface area contributed by atoms with E-state index in [4.69, 9.17) is 19.3 Å². The third-order valence-electron chi connectivity index (χ3n) is 2.43. The van der Waals surface area contributed by atoms with Gasteiger partial charge in [0.1, 0.15) is 6.10 Å². The second-order valence-corrected chi connectivity index (χ2v) is 5.74. The van der Waals surface area contributed by atoms with Crippen LogP contribution >= 0.6 is 0 Å². The van der Waals surface area contributed by atoms with E-state index in [1.807, 2.05) is 41.5 Å². The molecule has 0 saturated heterocycles. The fourth-order valence-electron chi connectivity index (χ4n) is 1.50. The van der Waals surface area contributed by atoms with Crippen LogP contribution in [0.25, 0.3) is 0 Å². The van der Waals surface area contributed by atoms with Crippen LogP contribution in [0.5, 0.6) is 0 Å². The molecule has 0 amide bonds. The SMILES string of the molecule is CC(C)OCC(COC(C)C)OC(C)(C)CCO. The molecule has 0 fully saturated rings. The van der Waals surface area contributed by atoms with Crippen LogP contribution in [0.15, 0.2) is 0 Å². The first kappa shape index (κ1) is 17.8. The van der Waals surface area contributed by atoms with Gasteiger partial charge in [0.2, 0.25) is 0 Å². The topological polar surface area (TPSA) is 47.9 Å². The van der Waals surface area contributed by atoms with Crippen molar-refractivity contribution >= 4 is 0 Å². The van der Waals surface area contributed by atoms with E-state index in [1.54, 1.807) is 0 Å². The summed E-state index contributed by atoms with van der Waals surface area (Å²) in [7, 11) is 0. The Kier molecular flexibility index (Phi) is 8.78. The van der Waals surface area contributed by atoms with Gasteiger partial charge in [0.15, 0.2) is 0 Å². The van der Waals surface area contributed by atoms with E-state index in [0.29, 0.717) is 19.6 Å². The van der Waals surface area contributed by atoms with Crippen molar-refractivity contribution in [3.05, 3.63) is 0 Å².